The largest absolute Gasteiger partial charge is 0.490 e. The average Bonchev–Trinajstić information content (AvgIpc) is 2.58. The highest BCUT2D eigenvalue weighted by molar-refractivity contribution is 6.30. The molecule has 0 aromatic heterocycles. The maximum atomic E-state index is 5.99. The first kappa shape index (κ1) is 10.4. The molecule has 3 atom stereocenters. The van der Waals surface area contributed by atoms with Crippen molar-refractivity contribution in [2.24, 2.45) is 0 Å². The van der Waals surface area contributed by atoms with Gasteiger partial charge in [0.15, 0.2) is 0 Å². The molecule has 86 valence electrons. The molecule has 0 radical (unpaired) electrons. The molecule has 2 fully saturated rings. The van der Waals surface area contributed by atoms with Gasteiger partial charge < -0.3 is 10.1 Å². The zero-order chi connectivity index (χ0) is 11.0. The fourth-order valence-corrected chi connectivity index (χ4v) is 3.01. The highest BCUT2D eigenvalue weighted by atomic mass is 35.5. The van der Waals surface area contributed by atoms with Gasteiger partial charge in [0, 0.05) is 17.1 Å². The van der Waals surface area contributed by atoms with E-state index in [9.17, 15) is 0 Å². The monoisotopic (exact) mass is 237 g/mol. The summed E-state index contributed by atoms with van der Waals surface area (Å²) < 4.78 is 5.99. The van der Waals surface area contributed by atoms with Crippen molar-refractivity contribution >= 4 is 11.6 Å². The third kappa shape index (κ3) is 2.18. The van der Waals surface area contributed by atoms with E-state index >= 15 is 0 Å². The summed E-state index contributed by atoms with van der Waals surface area (Å²) in [6.07, 6.45) is 5.23. The maximum Gasteiger partial charge on any atom is 0.121 e. The van der Waals surface area contributed by atoms with Gasteiger partial charge in [-0.25, -0.2) is 0 Å². The Bertz CT molecular complexity index is 370. The SMILES string of the molecule is Clc1cccc(OC2C[C@H]3CC[C@@H](C2)N3)c1. The van der Waals surface area contributed by atoms with Crippen LogP contribution in [-0.2, 0) is 0 Å². The molecule has 2 bridgehead atoms. The van der Waals surface area contributed by atoms with Crippen LogP contribution in [0.3, 0.4) is 0 Å². The zero-order valence-corrected chi connectivity index (χ0v) is 9.91. The van der Waals surface area contributed by atoms with Gasteiger partial charge in [-0.05, 0) is 43.9 Å². The Morgan fingerprint density at radius 2 is 1.94 bits per heavy atom. The van der Waals surface area contributed by atoms with Gasteiger partial charge in [0.25, 0.3) is 0 Å². The summed E-state index contributed by atoms with van der Waals surface area (Å²) in [5.74, 6) is 0.902. The second-order valence-corrected chi connectivity index (χ2v) is 5.24. The van der Waals surface area contributed by atoms with Crippen molar-refractivity contribution in [3.05, 3.63) is 29.3 Å². The molecule has 0 amide bonds. The Hall–Kier alpha value is -0.730. The van der Waals surface area contributed by atoms with E-state index in [1.165, 1.54) is 12.8 Å². The Labute approximate surface area is 101 Å². The molecule has 16 heavy (non-hydrogen) atoms. The number of nitrogens with one attached hydrogen (secondary N) is 1. The third-order valence-corrected chi connectivity index (χ3v) is 3.76. The van der Waals surface area contributed by atoms with E-state index in [2.05, 4.69) is 5.32 Å². The minimum atomic E-state index is 0.359. The van der Waals surface area contributed by atoms with Crippen molar-refractivity contribution < 1.29 is 4.74 Å². The van der Waals surface area contributed by atoms with Crippen LogP contribution < -0.4 is 10.1 Å². The lowest BCUT2D eigenvalue weighted by atomic mass is 10.0. The molecule has 3 rings (SSSR count). The van der Waals surface area contributed by atoms with Crippen LogP contribution in [0.2, 0.25) is 5.02 Å². The van der Waals surface area contributed by atoms with Crippen LogP contribution in [0.15, 0.2) is 24.3 Å². The zero-order valence-electron chi connectivity index (χ0n) is 9.16. The molecule has 1 aromatic rings. The van der Waals surface area contributed by atoms with Gasteiger partial charge in [-0.15, -0.1) is 0 Å². The first-order valence-corrected chi connectivity index (χ1v) is 6.35. The predicted octanol–water partition coefficient (Wildman–Crippen LogP) is 3.00. The number of fused-ring (bicyclic) bond motifs is 2. The van der Waals surface area contributed by atoms with Crippen molar-refractivity contribution in [1.82, 2.24) is 5.32 Å². The third-order valence-electron chi connectivity index (χ3n) is 3.53. The molecule has 2 aliphatic heterocycles. The highest BCUT2D eigenvalue weighted by Crippen LogP contribution is 2.30. The molecular weight excluding hydrogens is 222 g/mol. The minimum Gasteiger partial charge on any atom is -0.490 e. The summed E-state index contributed by atoms with van der Waals surface area (Å²) >= 11 is 5.94. The molecule has 1 unspecified atom stereocenters. The number of benzene rings is 1. The van der Waals surface area contributed by atoms with Crippen molar-refractivity contribution in [2.45, 2.75) is 43.9 Å². The first-order chi connectivity index (χ1) is 7.79. The molecule has 0 spiro atoms. The molecule has 1 N–H and O–H groups in total. The second kappa shape index (κ2) is 4.27. The standard InChI is InChI=1S/C13H16ClNO/c14-9-2-1-3-12(6-9)16-13-7-10-4-5-11(8-13)15-10/h1-3,6,10-11,13,15H,4-5,7-8H2/t10-,11+,13?. The Morgan fingerprint density at radius 1 is 1.19 bits per heavy atom. The Morgan fingerprint density at radius 3 is 2.62 bits per heavy atom. The van der Waals surface area contributed by atoms with Crippen molar-refractivity contribution in [3.8, 4) is 5.75 Å². The number of halogens is 1. The summed E-state index contributed by atoms with van der Waals surface area (Å²) in [5, 5.41) is 4.36. The molecule has 2 nitrogen and oxygen atoms in total. The molecule has 2 heterocycles. The molecule has 3 heteroatoms. The maximum absolute atomic E-state index is 5.99. The normalized spacial score (nSPS) is 32.7. The number of hydrogen-bond donors (Lipinski definition) is 1. The van der Waals surface area contributed by atoms with Crippen LogP contribution in [0.25, 0.3) is 0 Å². The molecule has 2 aliphatic rings. The van der Waals surface area contributed by atoms with Crippen molar-refractivity contribution in [3.63, 3.8) is 0 Å². The van der Waals surface area contributed by atoms with Gasteiger partial charge in [-0.2, -0.15) is 0 Å². The van der Waals surface area contributed by atoms with E-state index in [1.54, 1.807) is 0 Å². The highest BCUT2D eigenvalue weighted by Gasteiger charge is 2.34. The fourth-order valence-electron chi connectivity index (χ4n) is 2.83. The number of ether oxygens (including phenoxy) is 1. The quantitative estimate of drug-likeness (QED) is 0.854. The number of piperidine rings is 1. The summed E-state index contributed by atoms with van der Waals surface area (Å²) in [4.78, 5) is 0. The van der Waals surface area contributed by atoms with E-state index in [-0.39, 0.29) is 0 Å². The molecular formula is C13H16ClNO. The Kier molecular flexibility index (Phi) is 2.78. The lowest BCUT2D eigenvalue weighted by Crippen LogP contribution is -2.42. The van der Waals surface area contributed by atoms with Gasteiger partial charge in [-0.3, -0.25) is 0 Å². The van der Waals surface area contributed by atoms with Crippen molar-refractivity contribution in [2.75, 3.05) is 0 Å². The van der Waals surface area contributed by atoms with Crippen LogP contribution in [0.5, 0.6) is 5.75 Å². The van der Waals surface area contributed by atoms with Gasteiger partial charge in [0.2, 0.25) is 0 Å². The van der Waals surface area contributed by atoms with E-state index in [0.29, 0.717) is 18.2 Å². The van der Waals surface area contributed by atoms with Crippen LogP contribution in [0, 0.1) is 0 Å². The first-order valence-electron chi connectivity index (χ1n) is 5.98. The smallest absolute Gasteiger partial charge is 0.121 e. The van der Waals surface area contributed by atoms with Crippen LogP contribution >= 0.6 is 11.6 Å². The predicted molar refractivity (Wildman–Crippen MR) is 65.0 cm³/mol. The molecule has 1 aromatic carbocycles. The lowest BCUT2D eigenvalue weighted by molar-refractivity contribution is 0.137. The number of hydrogen-bond acceptors (Lipinski definition) is 2. The Balaban J connectivity index is 1.67. The molecule has 2 saturated heterocycles. The lowest BCUT2D eigenvalue weighted by Gasteiger charge is -2.29. The molecule has 0 saturated carbocycles. The average molecular weight is 238 g/mol. The fraction of sp³-hybridized carbons (Fsp3) is 0.538. The summed E-state index contributed by atoms with van der Waals surface area (Å²) in [5.41, 5.74) is 0. The van der Waals surface area contributed by atoms with Crippen LogP contribution in [-0.4, -0.2) is 18.2 Å². The number of rotatable bonds is 2. The van der Waals surface area contributed by atoms with Crippen LogP contribution in [0.1, 0.15) is 25.7 Å². The summed E-state index contributed by atoms with van der Waals surface area (Å²) in [6, 6.07) is 9.03. The van der Waals surface area contributed by atoms with E-state index < -0.39 is 0 Å². The van der Waals surface area contributed by atoms with Crippen LogP contribution in [0.4, 0.5) is 0 Å². The van der Waals surface area contributed by atoms with Gasteiger partial charge in [0.1, 0.15) is 11.9 Å². The summed E-state index contributed by atoms with van der Waals surface area (Å²) in [6.45, 7) is 0. The molecule has 0 aliphatic carbocycles. The van der Waals surface area contributed by atoms with Crippen molar-refractivity contribution in [1.29, 1.82) is 0 Å². The summed E-state index contributed by atoms with van der Waals surface area (Å²) in [7, 11) is 0. The minimum absolute atomic E-state index is 0.359. The van der Waals surface area contributed by atoms with Gasteiger partial charge >= 0.3 is 0 Å². The topological polar surface area (TPSA) is 21.3 Å². The van der Waals surface area contributed by atoms with E-state index in [1.807, 2.05) is 24.3 Å². The second-order valence-electron chi connectivity index (χ2n) is 4.81. The van der Waals surface area contributed by atoms with E-state index in [4.69, 9.17) is 16.3 Å². The van der Waals surface area contributed by atoms with Gasteiger partial charge in [0.05, 0.1) is 0 Å². The van der Waals surface area contributed by atoms with Gasteiger partial charge in [-0.1, -0.05) is 17.7 Å². The van der Waals surface area contributed by atoms with E-state index in [0.717, 1.165) is 23.6 Å².